The summed E-state index contributed by atoms with van der Waals surface area (Å²) in [7, 11) is 0. The number of aromatic nitrogens is 3. The summed E-state index contributed by atoms with van der Waals surface area (Å²) < 4.78 is 2.28. The van der Waals surface area contributed by atoms with E-state index in [4.69, 9.17) is 4.98 Å². The van der Waals surface area contributed by atoms with Gasteiger partial charge in [-0.3, -0.25) is 4.98 Å². The zero-order valence-electron chi connectivity index (χ0n) is 18.9. The molecule has 0 spiro atoms. The van der Waals surface area contributed by atoms with Crippen molar-refractivity contribution in [1.29, 1.82) is 0 Å². The summed E-state index contributed by atoms with van der Waals surface area (Å²) in [5, 5.41) is 3.54. The SMILES string of the molecule is Cc1ccc2c(c1)C(CCn1cnc(C)c1C)=Cc1cccnc1C2C1CCNCC1. The topological polar surface area (TPSA) is 42.7 Å². The first kappa shape index (κ1) is 20.2. The Bertz CT molecular complexity index is 1120. The highest BCUT2D eigenvalue weighted by Crippen LogP contribution is 2.44. The van der Waals surface area contributed by atoms with Crippen molar-refractivity contribution >= 4 is 11.6 Å². The van der Waals surface area contributed by atoms with E-state index in [1.165, 1.54) is 52.1 Å². The van der Waals surface area contributed by atoms with Gasteiger partial charge in [-0.2, -0.15) is 0 Å². The quantitative estimate of drug-likeness (QED) is 0.634. The molecule has 0 saturated carbocycles. The minimum absolute atomic E-state index is 0.361. The first-order chi connectivity index (χ1) is 15.1. The maximum Gasteiger partial charge on any atom is 0.0951 e. The highest BCUT2D eigenvalue weighted by molar-refractivity contribution is 5.86. The van der Waals surface area contributed by atoms with Crippen molar-refractivity contribution in [3.63, 3.8) is 0 Å². The van der Waals surface area contributed by atoms with Crippen molar-refractivity contribution in [2.45, 2.75) is 52.5 Å². The molecule has 31 heavy (non-hydrogen) atoms. The van der Waals surface area contributed by atoms with Crippen molar-refractivity contribution < 1.29 is 0 Å². The Kier molecular flexibility index (Phi) is 5.49. The Morgan fingerprint density at radius 3 is 2.68 bits per heavy atom. The zero-order valence-corrected chi connectivity index (χ0v) is 18.9. The standard InChI is InChI=1S/C27H32N4/c1-18-6-7-24-25(15-18)22(10-14-31-17-30-19(2)20(31)3)16-23-5-4-11-29-27(23)26(24)21-8-12-28-13-9-21/h4-7,11,15-17,21,26,28H,8-10,12-14H2,1-3H3. The van der Waals surface area contributed by atoms with Crippen LogP contribution >= 0.6 is 0 Å². The second-order valence-electron chi connectivity index (χ2n) is 9.16. The van der Waals surface area contributed by atoms with Crippen LogP contribution in [0, 0.1) is 26.7 Å². The first-order valence-corrected chi connectivity index (χ1v) is 11.6. The van der Waals surface area contributed by atoms with Crippen molar-refractivity contribution in [1.82, 2.24) is 19.9 Å². The van der Waals surface area contributed by atoms with Gasteiger partial charge >= 0.3 is 0 Å². The van der Waals surface area contributed by atoms with E-state index in [-0.39, 0.29) is 0 Å². The highest BCUT2D eigenvalue weighted by Gasteiger charge is 2.32. The average Bonchev–Trinajstić information content (AvgIpc) is 3.04. The van der Waals surface area contributed by atoms with Gasteiger partial charge in [0.25, 0.3) is 0 Å². The molecule has 1 atom stereocenters. The van der Waals surface area contributed by atoms with Crippen LogP contribution < -0.4 is 5.32 Å². The number of rotatable bonds is 4. The number of allylic oxidation sites excluding steroid dienone is 1. The summed E-state index contributed by atoms with van der Waals surface area (Å²) in [5.74, 6) is 0.988. The molecule has 5 rings (SSSR count). The molecule has 1 fully saturated rings. The second-order valence-corrected chi connectivity index (χ2v) is 9.16. The van der Waals surface area contributed by atoms with Gasteiger partial charge in [0.2, 0.25) is 0 Å². The Morgan fingerprint density at radius 1 is 1.06 bits per heavy atom. The third-order valence-electron chi connectivity index (χ3n) is 7.21. The molecule has 1 aromatic carbocycles. The number of fused-ring (bicyclic) bond motifs is 2. The number of pyridine rings is 1. The fourth-order valence-electron chi connectivity index (χ4n) is 5.32. The van der Waals surface area contributed by atoms with Crippen molar-refractivity contribution in [3.05, 3.63) is 82.2 Å². The van der Waals surface area contributed by atoms with Gasteiger partial charge < -0.3 is 9.88 Å². The number of imidazole rings is 1. The van der Waals surface area contributed by atoms with Crippen LogP contribution in [0.25, 0.3) is 11.6 Å². The number of hydrogen-bond acceptors (Lipinski definition) is 3. The Hall–Kier alpha value is -2.72. The van der Waals surface area contributed by atoms with Crippen LogP contribution in [0.1, 0.15) is 64.5 Å². The maximum absolute atomic E-state index is 4.95. The summed E-state index contributed by atoms with van der Waals surface area (Å²) in [5.41, 5.74) is 10.5. The van der Waals surface area contributed by atoms with Crippen LogP contribution in [-0.4, -0.2) is 27.6 Å². The number of piperidine rings is 1. The van der Waals surface area contributed by atoms with Crippen LogP contribution in [0.5, 0.6) is 0 Å². The molecule has 0 bridgehead atoms. The van der Waals surface area contributed by atoms with Crippen molar-refractivity contribution in [3.8, 4) is 0 Å². The Balaban J connectivity index is 1.60. The predicted octanol–water partition coefficient (Wildman–Crippen LogP) is 5.28. The molecule has 160 valence electrons. The van der Waals surface area contributed by atoms with Gasteiger partial charge in [0, 0.05) is 24.4 Å². The smallest absolute Gasteiger partial charge is 0.0951 e. The van der Waals surface area contributed by atoms with E-state index in [1.54, 1.807) is 0 Å². The van der Waals surface area contributed by atoms with Crippen LogP contribution in [-0.2, 0) is 6.54 Å². The number of nitrogens with one attached hydrogen (secondary N) is 1. The molecule has 2 aliphatic rings. The van der Waals surface area contributed by atoms with E-state index in [0.29, 0.717) is 11.8 Å². The third-order valence-corrected chi connectivity index (χ3v) is 7.21. The molecule has 1 aliphatic carbocycles. The van der Waals surface area contributed by atoms with Gasteiger partial charge in [0.1, 0.15) is 0 Å². The van der Waals surface area contributed by atoms with Crippen LogP contribution in [0.3, 0.4) is 0 Å². The van der Waals surface area contributed by atoms with Crippen molar-refractivity contribution in [2.75, 3.05) is 13.1 Å². The minimum atomic E-state index is 0.361. The van der Waals surface area contributed by atoms with Gasteiger partial charge in [-0.15, -0.1) is 0 Å². The Morgan fingerprint density at radius 2 is 1.90 bits per heavy atom. The average molecular weight is 413 g/mol. The van der Waals surface area contributed by atoms with E-state index < -0.39 is 0 Å². The molecule has 4 nitrogen and oxygen atoms in total. The van der Waals surface area contributed by atoms with Gasteiger partial charge in [-0.1, -0.05) is 29.8 Å². The van der Waals surface area contributed by atoms with Crippen LogP contribution in [0.15, 0.2) is 42.9 Å². The number of hydrogen-bond donors (Lipinski definition) is 1. The lowest BCUT2D eigenvalue weighted by atomic mass is 9.76. The highest BCUT2D eigenvalue weighted by atomic mass is 15.0. The van der Waals surface area contributed by atoms with Gasteiger partial charge in [0.15, 0.2) is 0 Å². The number of aryl methyl sites for hydroxylation is 3. The minimum Gasteiger partial charge on any atom is -0.334 e. The largest absolute Gasteiger partial charge is 0.334 e. The van der Waals surface area contributed by atoms with E-state index in [2.05, 4.69) is 72.0 Å². The molecular weight excluding hydrogens is 380 g/mol. The molecule has 3 aromatic rings. The fourth-order valence-corrected chi connectivity index (χ4v) is 5.32. The number of benzene rings is 1. The molecule has 3 heterocycles. The third kappa shape index (κ3) is 3.85. The molecule has 1 N–H and O–H groups in total. The molecule has 2 aromatic heterocycles. The maximum atomic E-state index is 4.95. The molecule has 0 radical (unpaired) electrons. The van der Waals surface area contributed by atoms with Gasteiger partial charge in [-0.05, 0) is 93.4 Å². The van der Waals surface area contributed by atoms with E-state index in [9.17, 15) is 0 Å². The van der Waals surface area contributed by atoms with E-state index in [1.807, 2.05) is 12.5 Å². The molecule has 0 amide bonds. The van der Waals surface area contributed by atoms with Gasteiger partial charge in [-0.25, -0.2) is 4.98 Å². The second kappa shape index (κ2) is 8.43. The lowest BCUT2D eigenvalue weighted by Crippen LogP contribution is -2.32. The lowest BCUT2D eigenvalue weighted by molar-refractivity contribution is 0.339. The summed E-state index contributed by atoms with van der Waals surface area (Å²) in [4.78, 5) is 9.44. The zero-order chi connectivity index (χ0) is 21.4. The molecule has 1 saturated heterocycles. The molecule has 1 aliphatic heterocycles. The van der Waals surface area contributed by atoms with Gasteiger partial charge in [0.05, 0.1) is 17.7 Å². The lowest BCUT2D eigenvalue weighted by Gasteiger charge is -2.32. The monoisotopic (exact) mass is 412 g/mol. The van der Waals surface area contributed by atoms with E-state index >= 15 is 0 Å². The first-order valence-electron chi connectivity index (χ1n) is 11.6. The van der Waals surface area contributed by atoms with Crippen LogP contribution in [0.2, 0.25) is 0 Å². The normalized spacial score (nSPS) is 18.8. The predicted molar refractivity (Wildman–Crippen MR) is 127 cm³/mol. The summed E-state index contributed by atoms with van der Waals surface area (Å²) >= 11 is 0. The van der Waals surface area contributed by atoms with Crippen LogP contribution in [0.4, 0.5) is 0 Å². The summed E-state index contributed by atoms with van der Waals surface area (Å²) in [6.45, 7) is 9.60. The summed E-state index contributed by atoms with van der Waals surface area (Å²) in [6.07, 6.45) is 9.75. The molecule has 1 unspecified atom stereocenters. The molecule has 4 heteroatoms. The van der Waals surface area contributed by atoms with E-state index in [0.717, 1.165) is 31.7 Å². The Labute approximate surface area is 185 Å². The van der Waals surface area contributed by atoms with Crippen molar-refractivity contribution in [2.24, 2.45) is 5.92 Å². The number of nitrogens with zero attached hydrogens (tertiary/aromatic N) is 3. The summed E-state index contributed by atoms with van der Waals surface area (Å²) in [6, 6.07) is 11.4. The fraction of sp³-hybridized carbons (Fsp3) is 0.407. The molecular formula is C27H32N4.